The van der Waals surface area contributed by atoms with Crippen molar-refractivity contribution in [3.8, 4) is 0 Å². The number of nitrogens with one attached hydrogen (secondary N) is 2. The number of carbonyl (C=O) groups excluding carboxylic acids is 1. The molecule has 2 saturated heterocycles. The van der Waals surface area contributed by atoms with E-state index in [0.29, 0.717) is 6.04 Å². The van der Waals surface area contributed by atoms with Crippen molar-refractivity contribution in [2.45, 2.75) is 32.7 Å². The Morgan fingerprint density at radius 1 is 1.32 bits per heavy atom. The Labute approximate surface area is 116 Å². The molecule has 0 aliphatic carbocycles. The molecule has 2 aliphatic rings. The average molecular weight is 269 g/mol. The summed E-state index contributed by atoms with van der Waals surface area (Å²) in [6.07, 6.45) is 1.88. The molecular weight excluding hydrogens is 242 g/mol. The fourth-order valence-corrected chi connectivity index (χ4v) is 2.72. The fourth-order valence-electron chi connectivity index (χ4n) is 2.72. The van der Waals surface area contributed by atoms with Crippen molar-refractivity contribution in [3.63, 3.8) is 0 Å². The van der Waals surface area contributed by atoms with Crippen molar-refractivity contribution in [3.05, 3.63) is 0 Å². The van der Waals surface area contributed by atoms with Gasteiger partial charge in [-0.25, -0.2) is 0 Å². The van der Waals surface area contributed by atoms with E-state index >= 15 is 0 Å². The Morgan fingerprint density at radius 2 is 1.95 bits per heavy atom. The van der Waals surface area contributed by atoms with Gasteiger partial charge in [0.15, 0.2) is 0 Å². The topological polar surface area (TPSA) is 53.6 Å². The number of nitrogens with zero attached hydrogens (tertiary/aromatic N) is 1. The lowest BCUT2D eigenvalue weighted by atomic mass is 9.90. The van der Waals surface area contributed by atoms with Crippen LogP contribution in [0.1, 0.15) is 26.7 Å². The van der Waals surface area contributed by atoms with E-state index < -0.39 is 0 Å². The zero-order valence-corrected chi connectivity index (χ0v) is 12.2. The lowest BCUT2D eigenvalue weighted by Crippen LogP contribution is -2.52. The number of carbonyl (C=O) groups is 1. The van der Waals surface area contributed by atoms with Crippen LogP contribution in [-0.2, 0) is 9.53 Å². The van der Waals surface area contributed by atoms with Crippen molar-refractivity contribution >= 4 is 5.91 Å². The highest BCUT2D eigenvalue weighted by Gasteiger charge is 2.32. The molecule has 2 rings (SSSR count). The van der Waals surface area contributed by atoms with Crippen LogP contribution in [0.25, 0.3) is 0 Å². The van der Waals surface area contributed by atoms with E-state index in [0.717, 1.165) is 58.8 Å². The first-order chi connectivity index (χ1) is 9.08. The van der Waals surface area contributed by atoms with Crippen LogP contribution in [-0.4, -0.2) is 62.8 Å². The Hall–Kier alpha value is -0.650. The van der Waals surface area contributed by atoms with Gasteiger partial charge in [-0.15, -0.1) is 0 Å². The summed E-state index contributed by atoms with van der Waals surface area (Å²) < 4.78 is 5.32. The van der Waals surface area contributed by atoms with Crippen molar-refractivity contribution < 1.29 is 9.53 Å². The highest BCUT2D eigenvalue weighted by molar-refractivity contribution is 5.82. The molecular formula is C14H27N3O2. The zero-order chi connectivity index (χ0) is 13.7. The van der Waals surface area contributed by atoms with Crippen LogP contribution in [0.3, 0.4) is 0 Å². The van der Waals surface area contributed by atoms with Crippen molar-refractivity contribution in [2.24, 2.45) is 5.41 Å². The van der Waals surface area contributed by atoms with Crippen LogP contribution in [0.15, 0.2) is 0 Å². The summed E-state index contributed by atoms with van der Waals surface area (Å²) in [4.78, 5) is 14.8. The first-order valence-corrected chi connectivity index (χ1v) is 7.40. The maximum absolute atomic E-state index is 12.4. The molecule has 2 fully saturated rings. The third-order valence-electron chi connectivity index (χ3n) is 4.00. The molecule has 0 aromatic heterocycles. The van der Waals surface area contributed by atoms with Gasteiger partial charge in [0.1, 0.15) is 0 Å². The van der Waals surface area contributed by atoms with Gasteiger partial charge in [0.2, 0.25) is 5.91 Å². The predicted molar refractivity (Wildman–Crippen MR) is 75.1 cm³/mol. The molecule has 5 nitrogen and oxygen atoms in total. The Kier molecular flexibility index (Phi) is 5.19. The number of rotatable bonds is 4. The first-order valence-electron chi connectivity index (χ1n) is 7.40. The SMILES string of the molecule is CC(C)(CN1CCNCC1)C(=O)NC1CCOCC1. The van der Waals surface area contributed by atoms with E-state index in [2.05, 4.69) is 15.5 Å². The monoisotopic (exact) mass is 269 g/mol. The molecule has 0 unspecified atom stereocenters. The quantitative estimate of drug-likeness (QED) is 0.766. The number of hydrogen-bond acceptors (Lipinski definition) is 4. The van der Waals surface area contributed by atoms with Crippen LogP contribution < -0.4 is 10.6 Å². The second kappa shape index (κ2) is 6.68. The van der Waals surface area contributed by atoms with E-state index in [4.69, 9.17) is 4.74 Å². The average Bonchev–Trinajstić information content (AvgIpc) is 2.40. The van der Waals surface area contributed by atoms with Gasteiger partial charge in [0.05, 0.1) is 5.41 Å². The molecule has 2 heterocycles. The third-order valence-corrected chi connectivity index (χ3v) is 4.00. The van der Waals surface area contributed by atoms with E-state index in [9.17, 15) is 4.79 Å². The van der Waals surface area contributed by atoms with Crippen LogP contribution in [0.5, 0.6) is 0 Å². The van der Waals surface area contributed by atoms with Crippen molar-refractivity contribution in [1.29, 1.82) is 0 Å². The number of amides is 1. The molecule has 0 radical (unpaired) electrons. The second-order valence-electron chi connectivity index (χ2n) is 6.27. The summed E-state index contributed by atoms with van der Waals surface area (Å²) in [5.41, 5.74) is -0.324. The van der Waals surface area contributed by atoms with Gasteiger partial charge in [-0.05, 0) is 26.7 Å². The van der Waals surface area contributed by atoms with Crippen LogP contribution in [0.2, 0.25) is 0 Å². The van der Waals surface area contributed by atoms with Gasteiger partial charge in [0.25, 0.3) is 0 Å². The maximum atomic E-state index is 12.4. The van der Waals surface area contributed by atoms with Crippen LogP contribution in [0, 0.1) is 5.41 Å². The molecule has 2 N–H and O–H groups in total. The smallest absolute Gasteiger partial charge is 0.227 e. The Balaban J connectivity index is 1.81. The third kappa shape index (κ3) is 4.44. The molecule has 0 spiro atoms. The molecule has 0 aromatic rings. The number of piperazine rings is 1. The fraction of sp³-hybridized carbons (Fsp3) is 0.929. The van der Waals surface area contributed by atoms with E-state index in [1.165, 1.54) is 0 Å². The Bertz CT molecular complexity index is 295. The molecule has 2 aliphatic heterocycles. The normalized spacial score (nSPS) is 23.3. The molecule has 0 aromatic carbocycles. The molecule has 1 amide bonds. The second-order valence-corrected chi connectivity index (χ2v) is 6.27. The van der Waals surface area contributed by atoms with Crippen molar-refractivity contribution in [1.82, 2.24) is 15.5 Å². The van der Waals surface area contributed by atoms with Gasteiger partial charge in [0, 0.05) is 52.0 Å². The minimum absolute atomic E-state index is 0.179. The first kappa shape index (κ1) is 14.8. The lowest BCUT2D eigenvalue weighted by Gasteiger charge is -2.35. The molecule has 19 heavy (non-hydrogen) atoms. The summed E-state index contributed by atoms with van der Waals surface area (Å²) in [7, 11) is 0. The van der Waals surface area contributed by atoms with E-state index in [1.807, 2.05) is 13.8 Å². The molecule has 0 saturated carbocycles. The molecule has 0 bridgehead atoms. The van der Waals surface area contributed by atoms with Gasteiger partial charge >= 0.3 is 0 Å². The minimum atomic E-state index is -0.324. The number of ether oxygens (including phenoxy) is 1. The van der Waals surface area contributed by atoms with Gasteiger partial charge in [-0.1, -0.05) is 0 Å². The summed E-state index contributed by atoms with van der Waals surface area (Å²) in [5.74, 6) is 0.179. The Morgan fingerprint density at radius 3 is 2.58 bits per heavy atom. The van der Waals surface area contributed by atoms with Gasteiger partial charge in [-0.3, -0.25) is 9.69 Å². The molecule has 110 valence electrons. The van der Waals surface area contributed by atoms with Gasteiger partial charge < -0.3 is 15.4 Å². The summed E-state index contributed by atoms with van der Waals surface area (Å²) >= 11 is 0. The summed E-state index contributed by atoms with van der Waals surface area (Å²) in [6, 6.07) is 0.295. The molecule has 0 atom stereocenters. The highest BCUT2D eigenvalue weighted by atomic mass is 16.5. The predicted octanol–water partition coefficient (Wildman–Crippen LogP) is 0.213. The lowest BCUT2D eigenvalue weighted by molar-refractivity contribution is -0.131. The zero-order valence-electron chi connectivity index (χ0n) is 12.2. The van der Waals surface area contributed by atoms with Gasteiger partial charge in [-0.2, -0.15) is 0 Å². The minimum Gasteiger partial charge on any atom is -0.381 e. The number of hydrogen-bond donors (Lipinski definition) is 2. The summed E-state index contributed by atoms with van der Waals surface area (Å²) in [6.45, 7) is 10.6. The van der Waals surface area contributed by atoms with E-state index in [1.54, 1.807) is 0 Å². The standard InChI is InChI=1S/C14H27N3O2/c1-14(2,11-17-7-5-15-6-8-17)13(18)16-12-3-9-19-10-4-12/h12,15H,3-11H2,1-2H3,(H,16,18). The van der Waals surface area contributed by atoms with Crippen molar-refractivity contribution in [2.75, 3.05) is 45.9 Å². The van der Waals surface area contributed by atoms with Crippen LogP contribution in [0.4, 0.5) is 0 Å². The maximum Gasteiger partial charge on any atom is 0.227 e. The van der Waals surface area contributed by atoms with Crippen LogP contribution >= 0.6 is 0 Å². The largest absolute Gasteiger partial charge is 0.381 e. The summed E-state index contributed by atoms with van der Waals surface area (Å²) in [5, 5.41) is 6.53. The highest BCUT2D eigenvalue weighted by Crippen LogP contribution is 2.19. The molecule has 5 heteroatoms. The van der Waals surface area contributed by atoms with E-state index in [-0.39, 0.29) is 11.3 Å².